The Balaban J connectivity index is 2.31. The summed E-state index contributed by atoms with van der Waals surface area (Å²) in [6.07, 6.45) is 0.545. The van der Waals surface area contributed by atoms with Crippen molar-refractivity contribution in [1.29, 1.82) is 5.26 Å². The summed E-state index contributed by atoms with van der Waals surface area (Å²) < 4.78 is 18.4. The van der Waals surface area contributed by atoms with Gasteiger partial charge in [0.05, 0.1) is 5.92 Å². The summed E-state index contributed by atoms with van der Waals surface area (Å²) in [5.41, 5.74) is 0.790. The lowest BCUT2D eigenvalue weighted by Crippen LogP contribution is -2.31. The number of oxazole rings is 1. The molecular formula is C16H16FN3O2. The summed E-state index contributed by atoms with van der Waals surface area (Å²) in [6, 6.07) is 7.73. The molecule has 0 spiro atoms. The molecule has 0 bridgehead atoms. The molecule has 1 atom stereocenters. The predicted octanol–water partition coefficient (Wildman–Crippen LogP) is 3.15. The third kappa shape index (κ3) is 2.98. The SMILES string of the molecule is CCC(C(=O)N(C)c1oc(C)nc1C#N)c1ccc(F)cc1. The van der Waals surface area contributed by atoms with Gasteiger partial charge in [-0.2, -0.15) is 5.26 Å². The van der Waals surface area contributed by atoms with Crippen LogP contribution in [-0.4, -0.2) is 17.9 Å². The number of nitrogens with zero attached hydrogens (tertiary/aromatic N) is 3. The second-order valence-electron chi connectivity index (χ2n) is 4.91. The van der Waals surface area contributed by atoms with E-state index in [0.29, 0.717) is 12.3 Å². The van der Waals surface area contributed by atoms with Gasteiger partial charge < -0.3 is 4.42 Å². The fourth-order valence-electron chi connectivity index (χ4n) is 2.30. The van der Waals surface area contributed by atoms with Crippen LogP contribution in [-0.2, 0) is 4.79 Å². The number of aryl methyl sites for hydroxylation is 1. The zero-order chi connectivity index (χ0) is 16.3. The molecule has 1 aromatic carbocycles. The van der Waals surface area contributed by atoms with Crippen LogP contribution in [0.25, 0.3) is 0 Å². The Labute approximate surface area is 128 Å². The van der Waals surface area contributed by atoms with Crippen LogP contribution in [0.2, 0.25) is 0 Å². The molecule has 1 unspecified atom stereocenters. The first-order valence-corrected chi connectivity index (χ1v) is 6.88. The molecule has 0 saturated heterocycles. The Hall–Kier alpha value is -2.68. The minimum absolute atomic E-state index is 0.0716. The second kappa shape index (κ2) is 6.39. The van der Waals surface area contributed by atoms with E-state index in [1.54, 1.807) is 19.1 Å². The molecule has 2 aromatic rings. The van der Waals surface area contributed by atoms with Crippen LogP contribution in [0, 0.1) is 24.1 Å². The molecular weight excluding hydrogens is 285 g/mol. The molecule has 22 heavy (non-hydrogen) atoms. The maximum Gasteiger partial charge on any atom is 0.241 e. The normalized spacial score (nSPS) is 11.8. The molecule has 0 fully saturated rings. The van der Waals surface area contributed by atoms with Crippen LogP contribution < -0.4 is 4.90 Å². The predicted molar refractivity (Wildman–Crippen MR) is 78.8 cm³/mol. The van der Waals surface area contributed by atoms with E-state index in [1.807, 2.05) is 13.0 Å². The van der Waals surface area contributed by atoms with Gasteiger partial charge in [-0.15, -0.1) is 0 Å². The average molecular weight is 301 g/mol. The van der Waals surface area contributed by atoms with Gasteiger partial charge in [0.2, 0.25) is 17.5 Å². The van der Waals surface area contributed by atoms with Gasteiger partial charge in [-0.25, -0.2) is 9.37 Å². The fourth-order valence-corrected chi connectivity index (χ4v) is 2.30. The lowest BCUT2D eigenvalue weighted by atomic mass is 9.95. The standard InChI is InChI=1S/C16H16FN3O2/c1-4-13(11-5-7-12(17)8-6-11)15(21)20(3)16-14(9-18)19-10(2)22-16/h5-8,13H,4H2,1-3H3. The number of carbonyl (C=O) groups excluding carboxylic acids is 1. The third-order valence-electron chi connectivity index (χ3n) is 3.44. The topological polar surface area (TPSA) is 70.1 Å². The van der Waals surface area contributed by atoms with Gasteiger partial charge in [0.15, 0.2) is 5.89 Å². The van der Waals surface area contributed by atoms with Gasteiger partial charge in [-0.05, 0) is 24.1 Å². The molecule has 6 heteroatoms. The molecule has 114 valence electrons. The van der Waals surface area contributed by atoms with Crippen molar-refractivity contribution in [3.8, 4) is 6.07 Å². The lowest BCUT2D eigenvalue weighted by Gasteiger charge is -2.21. The third-order valence-corrected chi connectivity index (χ3v) is 3.44. The Morgan fingerprint density at radius 2 is 2.09 bits per heavy atom. The molecule has 0 radical (unpaired) electrons. The van der Waals surface area contributed by atoms with Crippen molar-refractivity contribution in [2.24, 2.45) is 0 Å². The first kappa shape index (κ1) is 15.7. The van der Waals surface area contributed by atoms with E-state index in [0.717, 1.165) is 5.56 Å². The molecule has 5 nitrogen and oxygen atoms in total. The van der Waals surface area contributed by atoms with Crippen LogP contribution in [0.3, 0.4) is 0 Å². The molecule has 0 aliphatic heterocycles. The highest BCUT2D eigenvalue weighted by molar-refractivity contribution is 5.97. The van der Waals surface area contributed by atoms with E-state index in [2.05, 4.69) is 4.98 Å². The van der Waals surface area contributed by atoms with E-state index in [-0.39, 0.29) is 23.3 Å². The number of nitriles is 1. The highest BCUT2D eigenvalue weighted by atomic mass is 19.1. The first-order valence-electron chi connectivity index (χ1n) is 6.88. The van der Waals surface area contributed by atoms with Gasteiger partial charge in [0, 0.05) is 14.0 Å². The Kier molecular flexibility index (Phi) is 4.56. The molecule has 1 amide bonds. The first-order chi connectivity index (χ1) is 10.5. The number of hydrogen-bond acceptors (Lipinski definition) is 4. The van der Waals surface area contributed by atoms with Crippen LogP contribution in [0.15, 0.2) is 28.7 Å². The molecule has 0 saturated carbocycles. The number of anilines is 1. The molecule has 0 N–H and O–H groups in total. The van der Waals surface area contributed by atoms with E-state index in [9.17, 15) is 9.18 Å². The quantitative estimate of drug-likeness (QED) is 0.869. The fraction of sp³-hybridized carbons (Fsp3) is 0.312. The number of halogens is 1. The lowest BCUT2D eigenvalue weighted by molar-refractivity contribution is -0.120. The van der Waals surface area contributed by atoms with Crippen LogP contribution in [0.4, 0.5) is 10.3 Å². The summed E-state index contributed by atoms with van der Waals surface area (Å²) in [5, 5.41) is 9.05. The number of hydrogen-bond donors (Lipinski definition) is 0. The number of carbonyl (C=O) groups is 1. The monoisotopic (exact) mass is 301 g/mol. The highest BCUT2D eigenvalue weighted by Gasteiger charge is 2.27. The Morgan fingerprint density at radius 3 is 2.64 bits per heavy atom. The van der Waals surface area contributed by atoms with Gasteiger partial charge in [0.25, 0.3) is 0 Å². The smallest absolute Gasteiger partial charge is 0.241 e. The van der Waals surface area contributed by atoms with Gasteiger partial charge in [-0.1, -0.05) is 19.1 Å². The van der Waals surface area contributed by atoms with E-state index in [4.69, 9.17) is 9.68 Å². The molecule has 1 aromatic heterocycles. The van der Waals surface area contributed by atoms with E-state index in [1.165, 1.54) is 24.1 Å². The zero-order valence-electron chi connectivity index (χ0n) is 12.6. The average Bonchev–Trinajstić information content (AvgIpc) is 2.90. The number of benzene rings is 1. The second-order valence-corrected chi connectivity index (χ2v) is 4.91. The maximum atomic E-state index is 13.0. The molecule has 0 aliphatic carbocycles. The van der Waals surface area contributed by atoms with Crippen LogP contribution in [0.5, 0.6) is 0 Å². The van der Waals surface area contributed by atoms with Crippen LogP contribution >= 0.6 is 0 Å². The minimum atomic E-state index is -0.442. The number of likely N-dealkylation sites (N-methyl/N-ethyl adjacent to an activating group) is 1. The Morgan fingerprint density at radius 1 is 1.45 bits per heavy atom. The van der Waals surface area contributed by atoms with Crippen LogP contribution in [0.1, 0.15) is 36.4 Å². The highest BCUT2D eigenvalue weighted by Crippen LogP contribution is 2.27. The number of aromatic nitrogens is 1. The van der Waals surface area contributed by atoms with Crippen molar-refractivity contribution in [2.75, 3.05) is 11.9 Å². The van der Waals surface area contributed by atoms with Gasteiger partial charge in [0.1, 0.15) is 11.9 Å². The van der Waals surface area contributed by atoms with E-state index >= 15 is 0 Å². The summed E-state index contributed by atoms with van der Waals surface area (Å²) >= 11 is 0. The maximum absolute atomic E-state index is 13.0. The molecule has 0 aliphatic rings. The van der Waals surface area contributed by atoms with Gasteiger partial charge in [-0.3, -0.25) is 9.69 Å². The van der Waals surface area contributed by atoms with Crippen molar-refractivity contribution in [3.63, 3.8) is 0 Å². The number of amides is 1. The van der Waals surface area contributed by atoms with Crippen molar-refractivity contribution < 1.29 is 13.6 Å². The molecule has 1 heterocycles. The van der Waals surface area contributed by atoms with Crippen molar-refractivity contribution in [2.45, 2.75) is 26.2 Å². The van der Waals surface area contributed by atoms with Crippen molar-refractivity contribution in [1.82, 2.24) is 4.98 Å². The summed E-state index contributed by atoms with van der Waals surface area (Å²) in [4.78, 5) is 17.9. The van der Waals surface area contributed by atoms with Gasteiger partial charge >= 0.3 is 0 Å². The van der Waals surface area contributed by atoms with Crippen molar-refractivity contribution in [3.05, 3.63) is 47.2 Å². The molecule has 2 rings (SSSR count). The summed E-state index contributed by atoms with van der Waals surface area (Å²) in [5.74, 6) is -0.576. The minimum Gasteiger partial charge on any atom is -0.423 e. The van der Waals surface area contributed by atoms with E-state index < -0.39 is 5.92 Å². The zero-order valence-corrected chi connectivity index (χ0v) is 12.6. The largest absolute Gasteiger partial charge is 0.423 e. The van der Waals surface area contributed by atoms with Crippen molar-refractivity contribution >= 4 is 11.8 Å². The number of rotatable bonds is 4. The summed E-state index contributed by atoms with van der Waals surface area (Å²) in [7, 11) is 1.54. The summed E-state index contributed by atoms with van der Waals surface area (Å²) in [6.45, 7) is 3.48. The Bertz CT molecular complexity index is 716.